The van der Waals surface area contributed by atoms with Gasteiger partial charge in [0.2, 0.25) is 11.8 Å². The van der Waals surface area contributed by atoms with E-state index in [2.05, 4.69) is 25.9 Å². The van der Waals surface area contributed by atoms with E-state index in [-0.39, 0.29) is 0 Å². The van der Waals surface area contributed by atoms with Crippen molar-refractivity contribution in [1.82, 2.24) is 9.97 Å². The summed E-state index contributed by atoms with van der Waals surface area (Å²) >= 11 is 3.26. The Morgan fingerprint density at radius 1 is 1.32 bits per heavy atom. The molecule has 1 amide bonds. The first-order valence-electron chi connectivity index (χ1n) is 5.22. The van der Waals surface area contributed by atoms with Crippen LogP contribution in [0.5, 0.6) is 17.4 Å². The number of ether oxygens (including phenoxy) is 2. The van der Waals surface area contributed by atoms with E-state index in [1.54, 1.807) is 12.3 Å². The number of rotatable bonds is 4. The molecular formula is C12H10BrN3O3. The first kappa shape index (κ1) is 13.3. The molecule has 0 fully saturated rings. The summed E-state index contributed by atoms with van der Waals surface area (Å²) in [7, 11) is 1.49. The van der Waals surface area contributed by atoms with Crippen LogP contribution in [-0.4, -0.2) is 23.0 Å². The Balaban J connectivity index is 2.37. The average Bonchev–Trinajstić information content (AvgIpc) is 2.41. The van der Waals surface area contributed by atoms with E-state index < -0.39 is 5.91 Å². The fraction of sp³-hybridized carbons (Fsp3) is 0.0833. The molecule has 0 radical (unpaired) electrons. The monoisotopic (exact) mass is 323 g/mol. The summed E-state index contributed by atoms with van der Waals surface area (Å²) in [5, 5.41) is 0. The molecule has 0 unspecified atom stereocenters. The van der Waals surface area contributed by atoms with Crippen molar-refractivity contribution in [3.63, 3.8) is 0 Å². The molecule has 0 saturated heterocycles. The number of hydrogen-bond donors (Lipinski definition) is 1. The van der Waals surface area contributed by atoms with Gasteiger partial charge in [0.15, 0.2) is 0 Å². The highest BCUT2D eigenvalue weighted by atomic mass is 79.9. The SMILES string of the molecule is COc1cc(Oc2ncncc2Br)cc(C(N)=O)c1. The number of methoxy groups -OCH3 is 1. The van der Waals surface area contributed by atoms with Gasteiger partial charge < -0.3 is 15.2 Å². The predicted molar refractivity (Wildman–Crippen MR) is 71.3 cm³/mol. The van der Waals surface area contributed by atoms with Crippen LogP contribution >= 0.6 is 15.9 Å². The fourth-order valence-corrected chi connectivity index (χ4v) is 1.68. The second-order valence-electron chi connectivity index (χ2n) is 3.54. The van der Waals surface area contributed by atoms with Crippen molar-refractivity contribution in [2.45, 2.75) is 0 Å². The van der Waals surface area contributed by atoms with Gasteiger partial charge in [0, 0.05) is 17.8 Å². The van der Waals surface area contributed by atoms with Crippen LogP contribution in [0.3, 0.4) is 0 Å². The maximum absolute atomic E-state index is 11.2. The highest BCUT2D eigenvalue weighted by Gasteiger charge is 2.09. The minimum Gasteiger partial charge on any atom is -0.497 e. The molecule has 0 bridgehead atoms. The molecule has 0 spiro atoms. The minimum atomic E-state index is -0.564. The Morgan fingerprint density at radius 3 is 2.68 bits per heavy atom. The zero-order valence-corrected chi connectivity index (χ0v) is 11.5. The summed E-state index contributed by atoms with van der Waals surface area (Å²) < 4.78 is 11.2. The van der Waals surface area contributed by atoms with Gasteiger partial charge in [-0.05, 0) is 28.1 Å². The molecule has 19 heavy (non-hydrogen) atoms. The highest BCUT2D eigenvalue weighted by Crippen LogP contribution is 2.29. The Labute approximate surface area is 117 Å². The van der Waals surface area contributed by atoms with Gasteiger partial charge in [0.25, 0.3) is 0 Å². The van der Waals surface area contributed by atoms with Crippen LogP contribution in [0, 0.1) is 0 Å². The van der Waals surface area contributed by atoms with Crippen molar-refractivity contribution in [1.29, 1.82) is 0 Å². The number of amides is 1. The van der Waals surface area contributed by atoms with E-state index in [0.29, 0.717) is 27.4 Å². The lowest BCUT2D eigenvalue weighted by atomic mass is 10.2. The van der Waals surface area contributed by atoms with E-state index in [1.807, 2.05) is 0 Å². The molecule has 0 atom stereocenters. The first-order chi connectivity index (χ1) is 9.10. The lowest BCUT2D eigenvalue weighted by molar-refractivity contribution is 0.0999. The maximum Gasteiger partial charge on any atom is 0.248 e. The van der Waals surface area contributed by atoms with Crippen LogP contribution in [0.15, 0.2) is 35.2 Å². The van der Waals surface area contributed by atoms with Gasteiger partial charge in [-0.15, -0.1) is 0 Å². The van der Waals surface area contributed by atoms with E-state index >= 15 is 0 Å². The first-order valence-corrected chi connectivity index (χ1v) is 6.01. The summed E-state index contributed by atoms with van der Waals surface area (Å²) in [6, 6.07) is 4.67. The Hall–Kier alpha value is -2.15. The molecule has 2 aromatic rings. The molecule has 1 aromatic carbocycles. The zero-order valence-electron chi connectivity index (χ0n) is 9.96. The molecule has 1 aromatic heterocycles. The van der Waals surface area contributed by atoms with E-state index in [1.165, 1.54) is 25.6 Å². The van der Waals surface area contributed by atoms with Crippen molar-refractivity contribution in [2.75, 3.05) is 7.11 Å². The molecule has 1 heterocycles. The summed E-state index contributed by atoms with van der Waals surface area (Å²) in [4.78, 5) is 19.0. The second kappa shape index (κ2) is 5.66. The number of benzene rings is 1. The van der Waals surface area contributed by atoms with Crippen molar-refractivity contribution in [3.05, 3.63) is 40.8 Å². The van der Waals surface area contributed by atoms with Crippen LogP contribution in [0.25, 0.3) is 0 Å². The highest BCUT2D eigenvalue weighted by molar-refractivity contribution is 9.10. The summed E-state index contributed by atoms with van der Waals surface area (Å²) in [5.41, 5.74) is 5.54. The molecule has 0 aliphatic carbocycles. The average molecular weight is 324 g/mol. The van der Waals surface area contributed by atoms with Gasteiger partial charge in [-0.25, -0.2) is 9.97 Å². The molecular weight excluding hydrogens is 314 g/mol. The Morgan fingerprint density at radius 2 is 2.05 bits per heavy atom. The molecule has 0 aliphatic rings. The van der Waals surface area contributed by atoms with Gasteiger partial charge >= 0.3 is 0 Å². The Bertz CT molecular complexity index is 619. The summed E-state index contributed by atoms with van der Waals surface area (Å²) in [6.07, 6.45) is 2.91. The van der Waals surface area contributed by atoms with Crippen LogP contribution in [0.4, 0.5) is 0 Å². The summed E-state index contributed by atoms with van der Waals surface area (Å²) in [6.45, 7) is 0. The van der Waals surface area contributed by atoms with E-state index in [0.717, 1.165) is 0 Å². The molecule has 0 aliphatic heterocycles. The van der Waals surface area contributed by atoms with E-state index in [4.69, 9.17) is 15.2 Å². The number of carbonyl (C=O) groups is 1. The second-order valence-corrected chi connectivity index (χ2v) is 4.39. The molecule has 2 rings (SSSR count). The summed E-state index contributed by atoms with van der Waals surface area (Å²) in [5.74, 6) is 0.633. The van der Waals surface area contributed by atoms with Gasteiger partial charge in [-0.1, -0.05) is 0 Å². The molecule has 0 saturated carbocycles. The minimum absolute atomic E-state index is 0.291. The van der Waals surface area contributed by atoms with E-state index in [9.17, 15) is 4.79 Å². The third kappa shape index (κ3) is 3.19. The van der Waals surface area contributed by atoms with Crippen molar-refractivity contribution in [3.8, 4) is 17.4 Å². The van der Waals surface area contributed by atoms with Crippen LogP contribution in [0.2, 0.25) is 0 Å². The molecule has 2 N–H and O–H groups in total. The lowest BCUT2D eigenvalue weighted by Gasteiger charge is -2.09. The normalized spacial score (nSPS) is 10.0. The molecule has 6 nitrogen and oxygen atoms in total. The molecule has 7 heteroatoms. The van der Waals surface area contributed by atoms with Gasteiger partial charge in [-0.3, -0.25) is 4.79 Å². The molecule has 98 valence electrons. The lowest BCUT2D eigenvalue weighted by Crippen LogP contribution is -2.11. The van der Waals surface area contributed by atoms with Crippen LogP contribution < -0.4 is 15.2 Å². The third-order valence-electron chi connectivity index (χ3n) is 2.25. The van der Waals surface area contributed by atoms with Crippen LogP contribution in [-0.2, 0) is 0 Å². The fourth-order valence-electron chi connectivity index (χ4n) is 1.38. The number of hydrogen-bond acceptors (Lipinski definition) is 5. The number of nitrogens with two attached hydrogens (primary N) is 1. The number of nitrogens with zero attached hydrogens (tertiary/aromatic N) is 2. The number of aromatic nitrogens is 2. The zero-order chi connectivity index (χ0) is 13.8. The quantitative estimate of drug-likeness (QED) is 0.931. The van der Waals surface area contributed by atoms with Gasteiger partial charge in [0.1, 0.15) is 17.8 Å². The largest absolute Gasteiger partial charge is 0.497 e. The number of carbonyl (C=O) groups excluding carboxylic acids is 1. The van der Waals surface area contributed by atoms with Crippen molar-refractivity contribution < 1.29 is 14.3 Å². The number of halogens is 1. The van der Waals surface area contributed by atoms with Crippen LogP contribution in [0.1, 0.15) is 10.4 Å². The van der Waals surface area contributed by atoms with Crippen molar-refractivity contribution in [2.24, 2.45) is 5.73 Å². The Kier molecular flexibility index (Phi) is 3.96. The maximum atomic E-state index is 11.2. The van der Waals surface area contributed by atoms with Gasteiger partial charge in [0.05, 0.1) is 11.6 Å². The predicted octanol–water partition coefficient (Wildman–Crippen LogP) is 2.14. The van der Waals surface area contributed by atoms with Crippen molar-refractivity contribution >= 4 is 21.8 Å². The number of primary amides is 1. The standard InChI is InChI=1S/C12H10BrN3O3/c1-18-8-2-7(11(14)17)3-9(4-8)19-12-10(13)5-15-6-16-12/h2-6H,1H3,(H2,14,17). The smallest absolute Gasteiger partial charge is 0.248 e. The topological polar surface area (TPSA) is 87.3 Å². The van der Waals surface area contributed by atoms with Gasteiger partial charge in [-0.2, -0.15) is 0 Å². The third-order valence-corrected chi connectivity index (χ3v) is 2.79.